The third-order valence-electron chi connectivity index (χ3n) is 4.51. The first-order chi connectivity index (χ1) is 15.8. The lowest BCUT2D eigenvalue weighted by Crippen LogP contribution is -2.33. The molecule has 0 unspecified atom stereocenters. The predicted octanol–water partition coefficient (Wildman–Crippen LogP) is 3.70. The molecule has 0 aliphatic carbocycles. The van der Waals surface area contributed by atoms with Crippen LogP contribution >= 0.6 is 24.0 Å². The smallest absolute Gasteiger partial charge is 0.323 e. The van der Waals surface area contributed by atoms with E-state index in [0.717, 1.165) is 22.2 Å². The van der Waals surface area contributed by atoms with Crippen molar-refractivity contribution in [3.8, 4) is 11.5 Å². The maximum absolute atomic E-state index is 12.5. The summed E-state index contributed by atoms with van der Waals surface area (Å²) in [5.74, 6) is -1.11. The number of anilines is 1. The highest BCUT2D eigenvalue weighted by molar-refractivity contribution is 8.26. The maximum Gasteiger partial charge on any atom is 0.323 e. The van der Waals surface area contributed by atoms with Crippen LogP contribution in [0.4, 0.5) is 5.69 Å². The normalized spacial score (nSPS) is 14.5. The molecule has 1 aliphatic rings. The number of hydrogen-bond acceptors (Lipinski definition) is 7. The number of benzene rings is 2. The molecule has 0 bridgehead atoms. The van der Waals surface area contributed by atoms with E-state index in [4.69, 9.17) is 26.8 Å². The van der Waals surface area contributed by atoms with Gasteiger partial charge in [-0.2, -0.15) is 0 Å². The van der Waals surface area contributed by atoms with Crippen LogP contribution in [-0.4, -0.2) is 51.9 Å². The molecule has 8 nitrogen and oxygen atoms in total. The molecular weight excluding hydrogens is 464 g/mol. The number of thiocarbonyl (C=S) groups is 1. The molecule has 1 aliphatic heterocycles. The van der Waals surface area contributed by atoms with Gasteiger partial charge in [-0.25, -0.2) is 0 Å². The summed E-state index contributed by atoms with van der Waals surface area (Å²) in [6.07, 6.45) is 1.61. The number of nitrogens with zero attached hydrogens (tertiary/aromatic N) is 1. The summed E-state index contributed by atoms with van der Waals surface area (Å²) in [6, 6.07) is 12.5. The van der Waals surface area contributed by atoms with E-state index in [1.807, 2.05) is 38.1 Å². The molecule has 172 valence electrons. The fraction of sp³-hybridized carbons (Fsp3) is 0.217. The van der Waals surface area contributed by atoms with Gasteiger partial charge in [-0.05, 0) is 49.2 Å². The van der Waals surface area contributed by atoms with Crippen molar-refractivity contribution in [3.05, 3.63) is 58.5 Å². The molecule has 2 N–H and O–H groups in total. The Kier molecular flexibility index (Phi) is 8.07. The van der Waals surface area contributed by atoms with Crippen molar-refractivity contribution in [3.63, 3.8) is 0 Å². The molecule has 0 radical (unpaired) electrons. The topological polar surface area (TPSA) is 105 Å². The number of amides is 2. The number of aliphatic carboxylic acids is 1. The van der Waals surface area contributed by atoms with E-state index in [9.17, 15) is 14.4 Å². The van der Waals surface area contributed by atoms with E-state index in [1.165, 1.54) is 0 Å². The largest absolute Gasteiger partial charge is 0.490 e. The summed E-state index contributed by atoms with van der Waals surface area (Å²) in [7, 11) is 0. The quantitative estimate of drug-likeness (QED) is 0.408. The van der Waals surface area contributed by atoms with Crippen LogP contribution in [0.15, 0.2) is 47.4 Å². The molecule has 2 aromatic rings. The first-order valence-electron chi connectivity index (χ1n) is 10.0. The van der Waals surface area contributed by atoms with Crippen molar-refractivity contribution in [2.75, 3.05) is 25.1 Å². The van der Waals surface area contributed by atoms with Gasteiger partial charge in [0.25, 0.3) is 11.8 Å². The zero-order valence-electron chi connectivity index (χ0n) is 18.0. The van der Waals surface area contributed by atoms with E-state index in [0.29, 0.717) is 34.3 Å². The van der Waals surface area contributed by atoms with Crippen LogP contribution in [0.2, 0.25) is 0 Å². The van der Waals surface area contributed by atoms with Crippen molar-refractivity contribution in [2.45, 2.75) is 13.8 Å². The lowest BCUT2D eigenvalue weighted by atomic mass is 10.2. The molecule has 3 rings (SSSR count). The number of ether oxygens (including phenoxy) is 2. The highest BCUT2D eigenvalue weighted by Gasteiger charge is 2.33. The van der Waals surface area contributed by atoms with E-state index in [1.54, 1.807) is 24.3 Å². The zero-order valence-corrected chi connectivity index (χ0v) is 19.6. The molecule has 1 heterocycles. The number of carbonyl (C=O) groups excluding carboxylic acids is 2. The van der Waals surface area contributed by atoms with Gasteiger partial charge in [0.2, 0.25) is 0 Å². The third kappa shape index (κ3) is 6.33. The number of hydrogen-bond donors (Lipinski definition) is 2. The fourth-order valence-electron chi connectivity index (χ4n) is 2.97. The summed E-state index contributed by atoms with van der Waals surface area (Å²) in [4.78, 5) is 37.1. The van der Waals surface area contributed by atoms with Gasteiger partial charge in [0.15, 0.2) is 18.1 Å². The number of carbonyl (C=O) groups is 3. The van der Waals surface area contributed by atoms with Gasteiger partial charge in [0.1, 0.15) is 10.9 Å². The molecule has 0 aromatic heterocycles. The maximum atomic E-state index is 12.5. The van der Waals surface area contributed by atoms with E-state index in [-0.39, 0.29) is 16.8 Å². The van der Waals surface area contributed by atoms with Crippen LogP contribution in [0.25, 0.3) is 6.08 Å². The second-order valence-corrected chi connectivity index (χ2v) is 8.63. The standard InChI is InChI=1S/C23H22N2O6S2/c1-3-30-18-10-15(11-19-22(29)25(12-21(27)28)23(32)33-19)8-9-17(18)31-13-20(26)24-16-7-5-4-6-14(16)2/h4-11H,3,12-13H2,1-2H3,(H,24,26)(H,27,28). The molecule has 33 heavy (non-hydrogen) atoms. The zero-order chi connectivity index (χ0) is 24.0. The van der Waals surface area contributed by atoms with Gasteiger partial charge in [-0.3, -0.25) is 19.3 Å². The third-order valence-corrected chi connectivity index (χ3v) is 5.89. The van der Waals surface area contributed by atoms with Gasteiger partial charge in [-0.1, -0.05) is 48.2 Å². The average molecular weight is 487 g/mol. The van der Waals surface area contributed by atoms with Crippen molar-refractivity contribution in [1.29, 1.82) is 0 Å². The molecule has 0 spiro atoms. The van der Waals surface area contributed by atoms with Crippen LogP contribution in [0.1, 0.15) is 18.1 Å². The molecule has 2 amide bonds. The number of thioether (sulfide) groups is 1. The Morgan fingerprint density at radius 3 is 2.64 bits per heavy atom. The van der Waals surface area contributed by atoms with Crippen LogP contribution < -0.4 is 14.8 Å². The summed E-state index contributed by atoms with van der Waals surface area (Å²) < 4.78 is 11.5. The van der Waals surface area contributed by atoms with Crippen LogP contribution in [0.5, 0.6) is 11.5 Å². The minimum atomic E-state index is -1.14. The number of rotatable bonds is 9. The molecule has 2 aromatic carbocycles. The van der Waals surface area contributed by atoms with E-state index in [2.05, 4.69) is 5.32 Å². The van der Waals surface area contributed by atoms with Gasteiger partial charge >= 0.3 is 5.97 Å². The van der Waals surface area contributed by atoms with Crippen molar-refractivity contribution >= 4 is 57.8 Å². The summed E-state index contributed by atoms with van der Waals surface area (Å²) in [5, 5.41) is 11.8. The Balaban J connectivity index is 1.71. The first-order valence-corrected chi connectivity index (χ1v) is 11.2. The Labute approximate surface area is 200 Å². The highest BCUT2D eigenvalue weighted by Crippen LogP contribution is 2.34. The number of carboxylic acid groups (broad SMARTS) is 1. The van der Waals surface area contributed by atoms with Crippen LogP contribution in [0, 0.1) is 6.92 Å². The Hall–Kier alpha value is -3.37. The number of para-hydroxylation sites is 1. The van der Waals surface area contributed by atoms with Crippen molar-refractivity contribution < 1.29 is 29.0 Å². The second kappa shape index (κ2) is 11.0. The minimum absolute atomic E-state index is 0.193. The van der Waals surface area contributed by atoms with Gasteiger partial charge in [0.05, 0.1) is 11.5 Å². The van der Waals surface area contributed by atoms with Crippen LogP contribution in [0.3, 0.4) is 0 Å². The Bertz CT molecular complexity index is 1130. The van der Waals surface area contributed by atoms with Crippen molar-refractivity contribution in [2.24, 2.45) is 0 Å². The minimum Gasteiger partial charge on any atom is -0.490 e. The Morgan fingerprint density at radius 1 is 1.18 bits per heavy atom. The van der Waals surface area contributed by atoms with E-state index >= 15 is 0 Å². The SMILES string of the molecule is CCOc1cc(C=C2SC(=S)N(CC(=O)O)C2=O)ccc1OCC(=O)Nc1ccccc1C. The first kappa shape index (κ1) is 24.3. The van der Waals surface area contributed by atoms with Gasteiger partial charge < -0.3 is 19.9 Å². The summed E-state index contributed by atoms with van der Waals surface area (Å²) in [5.41, 5.74) is 2.30. The molecule has 0 atom stereocenters. The highest BCUT2D eigenvalue weighted by atomic mass is 32.2. The molecular formula is C23H22N2O6S2. The number of nitrogens with one attached hydrogen (secondary N) is 1. The number of carboxylic acids is 1. The second-order valence-electron chi connectivity index (χ2n) is 6.95. The summed E-state index contributed by atoms with van der Waals surface area (Å²) in [6.45, 7) is 3.40. The van der Waals surface area contributed by atoms with Crippen molar-refractivity contribution in [1.82, 2.24) is 4.90 Å². The number of aryl methyl sites for hydroxylation is 1. The van der Waals surface area contributed by atoms with Gasteiger partial charge in [-0.15, -0.1) is 0 Å². The molecule has 10 heteroatoms. The van der Waals surface area contributed by atoms with Crippen LogP contribution in [-0.2, 0) is 14.4 Å². The molecule has 0 saturated carbocycles. The monoisotopic (exact) mass is 486 g/mol. The predicted molar refractivity (Wildman–Crippen MR) is 130 cm³/mol. The molecule has 1 saturated heterocycles. The Morgan fingerprint density at radius 2 is 1.94 bits per heavy atom. The lowest BCUT2D eigenvalue weighted by molar-refractivity contribution is -0.140. The molecule has 1 fully saturated rings. The van der Waals surface area contributed by atoms with E-state index < -0.39 is 18.4 Å². The van der Waals surface area contributed by atoms with Gasteiger partial charge in [0, 0.05) is 5.69 Å². The lowest BCUT2D eigenvalue weighted by Gasteiger charge is -2.13. The summed E-state index contributed by atoms with van der Waals surface area (Å²) >= 11 is 6.15. The fourth-order valence-corrected chi connectivity index (χ4v) is 4.22. The average Bonchev–Trinajstić information content (AvgIpc) is 3.02.